The zero-order valence-electron chi connectivity index (χ0n) is 36.9. The van der Waals surface area contributed by atoms with E-state index in [-0.39, 0.29) is 5.97 Å². The van der Waals surface area contributed by atoms with E-state index in [0.717, 1.165) is 30.6 Å². The summed E-state index contributed by atoms with van der Waals surface area (Å²) in [6, 6.07) is 0. The zero-order valence-corrected chi connectivity index (χ0v) is 36.9. The number of carbonyl (C=O) groups is 1. The third-order valence-corrected chi connectivity index (χ3v) is 11.8. The van der Waals surface area contributed by atoms with Crippen molar-refractivity contribution in [1.82, 2.24) is 0 Å². The van der Waals surface area contributed by atoms with E-state index in [1.54, 1.807) is 0 Å². The van der Waals surface area contributed by atoms with Crippen molar-refractivity contribution < 1.29 is 9.53 Å². The molecule has 0 aromatic carbocycles. The maximum absolute atomic E-state index is 12.2. The lowest BCUT2D eigenvalue weighted by atomic mass is 9.91. The van der Waals surface area contributed by atoms with Gasteiger partial charge in [-0.15, -0.1) is 0 Å². The summed E-state index contributed by atoms with van der Waals surface area (Å²) in [4.78, 5) is 12.2. The van der Waals surface area contributed by atoms with E-state index >= 15 is 0 Å². The SMILES string of the molecule is CCCCCCCC/C=C/CCCCCCCCCCCCCCCCCCCC(=O)OCCC(C)CCCC(C)CCCC(C)CCCC(C)C. The fraction of sp³-hybridized carbons (Fsp3) is 0.940. The van der Waals surface area contributed by atoms with Crippen molar-refractivity contribution >= 4 is 5.97 Å². The predicted octanol–water partition coefficient (Wildman–Crippen LogP) is 17.7. The van der Waals surface area contributed by atoms with E-state index in [0.29, 0.717) is 18.9 Å². The third kappa shape index (κ3) is 42.0. The lowest BCUT2D eigenvalue weighted by Crippen LogP contribution is -2.09. The molecule has 0 saturated carbocycles. The van der Waals surface area contributed by atoms with Gasteiger partial charge in [0.25, 0.3) is 0 Å². The lowest BCUT2D eigenvalue weighted by Gasteiger charge is -2.16. The molecule has 0 aromatic heterocycles. The highest BCUT2D eigenvalue weighted by atomic mass is 16.5. The van der Waals surface area contributed by atoms with E-state index in [1.165, 1.54) is 212 Å². The maximum atomic E-state index is 12.2. The molecular weight excluding hydrogens is 633 g/mol. The zero-order chi connectivity index (χ0) is 38.2. The molecule has 52 heavy (non-hydrogen) atoms. The number of carbonyl (C=O) groups excluding carboxylic acids is 1. The van der Waals surface area contributed by atoms with Crippen molar-refractivity contribution in [2.75, 3.05) is 6.61 Å². The predicted molar refractivity (Wildman–Crippen MR) is 234 cm³/mol. The molecule has 0 N–H and O–H groups in total. The summed E-state index contributed by atoms with van der Waals surface area (Å²) in [5.41, 5.74) is 0. The van der Waals surface area contributed by atoms with Gasteiger partial charge in [0, 0.05) is 6.42 Å². The Morgan fingerprint density at radius 2 is 0.731 bits per heavy atom. The molecule has 0 fully saturated rings. The topological polar surface area (TPSA) is 26.3 Å². The highest BCUT2D eigenvalue weighted by molar-refractivity contribution is 5.69. The smallest absolute Gasteiger partial charge is 0.305 e. The second-order valence-electron chi connectivity index (χ2n) is 18.1. The fourth-order valence-corrected chi connectivity index (χ4v) is 7.84. The lowest BCUT2D eigenvalue weighted by molar-refractivity contribution is -0.144. The maximum Gasteiger partial charge on any atom is 0.305 e. The largest absolute Gasteiger partial charge is 0.466 e. The molecule has 0 aromatic rings. The second kappa shape index (κ2) is 41.4. The van der Waals surface area contributed by atoms with Gasteiger partial charge in [0.15, 0.2) is 0 Å². The minimum atomic E-state index is 0.0245. The van der Waals surface area contributed by atoms with Crippen LogP contribution in [0, 0.1) is 23.7 Å². The molecule has 3 unspecified atom stereocenters. The normalized spacial score (nSPS) is 13.7. The Morgan fingerprint density at radius 3 is 1.12 bits per heavy atom. The van der Waals surface area contributed by atoms with Crippen LogP contribution in [-0.2, 0) is 9.53 Å². The molecule has 0 aliphatic rings. The Labute approximate surface area is 329 Å². The number of hydrogen-bond acceptors (Lipinski definition) is 2. The number of ether oxygens (including phenoxy) is 1. The third-order valence-electron chi connectivity index (χ3n) is 11.8. The van der Waals surface area contributed by atoms with Crippen molar-refractivity contribution in [2.45, 2.75) is 273 Å². The van der Waals surface area contributed by atoms with Crippen molar-refractivity contribution in [3.05, 3.63) is 12.2 Å². The van der Waals surface area contributed by atoms with Crippen LogP contribution in [0.15, 0.2) is 12.2 Å². The van der Waals surface area contributed by atoms with E-state index < -0.39 is 0 Å². The fourth-order valence-electron chi connectivity index (χ4n) is 7.84. The van der Waals surface area contributed by atoms with Crippen LogP contribution in [0.25, 0.3) is 0 Å². The molecule has 2 heteroatoms. The summed E-state index contributed by atoms with van der Waals surface area (Å²) in [5.74, 6) is 3.27. The summed E-state index contributed by atoms with van der Waals surface area (Å²) in [7, 11) is 0. The van der Waals surface area contributed by atoms with Crippen LogP contribution in [0.2, 0.25) is 0 Å². The summed E-state index contributed by atoms with van der Waals surface area (Å²) in [6.07, 6.45) is 53.2. The molecule has 0 radical (unpaired) electrons. The monoisotopic (exact) mass is 731 g/mol. The van der Waals surface area contributed by atoms with Gasteiger partial charge in [-0.3, -0.25) is 4.79 Å². The summed E-state index contributed by atoms with van der Waals surface area (Å²) >= 11 is 0. The first-order valence-corrected chi connectivity index (χ1v) is 24.2. The minimum Gasteiger partial charge on any atom is -0.466 e. The molecular formula is C50H98O2. The summed E-state index contributed by atoms with van der Waals surface area (Å²) in [5, 5.41) is 0. The van der Waals surface area contributed by atoms with Gasteiger partial charge in [0.05, 0.1) is 6.61 Å². The van der Waals surface area contributed by atoms with Gasteiger partial charge in [-0.05, 0) is 62.2 Å². The quantitative estimate of drug-likeness (QED) is 0.0355. The Morgan fingerprint density at radius 1 is 0.404 bits per heavy atom. The Bertz CT molecular complexity index is 726. The van der Waals surface area contributed by atoms with Crippen LogP contribution >= 0.6 is 0 Å². The molecule has 0 rings (SSSR count). The highest BCUT2D eigenvalue weighted by Gasteiger charge is 2.10. The van der Waals surface area contributed by atoms with E-state index in [1.807, 2.05) is 0 Å². The number of allylic oxidation sites excluding steroid dienone is 2. The Hall–Kier alpha value is -0.790. The van der Waals surface area contributed by atoms with Crippen LogP contribution in [-0.4, -0.2) is 12.6 Å². The van der Waals surface area contributed by atoms with E-state index in [2.05, 4.69) is 53.7 Å². The van der Waals surface area contributed by atoms with Gasteiger partial charge in [-0.25, -0.2) is 0 Å². The average Bonchev–Trinajstić information content (AvgIpc) is 3.11. The van der Waals surface area contributed by atoms with Crippen molar-refractivity contribution in [2.24, 2.45) is 23.7 Å². The molecule has 0 saturated heterocycles. The Balaban J connectivity index is 3.35. The van der Waals surface area contributed by atoms with Gasteiger partial charge in [-0.1, -0.05) is 240 Å². The molecule has 0 heterocycles. The standard InChI is InChI=1S/C50H98O2/c1-7-8-9-10-11-12-13-14-15-16-17-18-19-20-21-22-23-24-25-26-27-28-29-30-31-32-33-43-50(51)52-45-44-49(6)42-36-41-48(5)40-35-39-47(4)38-34-37-46(2)3/h14-15,46-49H,7-13,16-45H2,1-6H3/b15-14+. The first-order valence-electron chi connectivity index (χ1n) is 24.2. The van der Waals surface area contributed by atoms with Crippen molar-refractivity contribution in [3.8, 4) is 0 Å². The molecule has 0 bridgehead atoms. The first kappa shape index (κ1) is 51.2. The van der Waals surface area contributed by atoms with Crippen LogP contribution in [0.5, 0.6) is 0 Å². The number of esters is 1. The molecule has 0 amide bonds. The van der Waals surface area contributed by atoms with Gasteiger partial charge >= 0.3 is 5.97 Å². The van der Waals surface area contributed by atoms with Crippen LogP contribution in [0.4, 0.5) is 0 Å². The van der Waals surface area contributed by atoms with Gasteiger partial charge < -0.3 is 4.74 Å². The van der Waals surface area contributed by atoms with E-state index in [9.17, 15) is 4.79 Å². The molecule has 2 nitrogen and oxygen atoms in total. The van der Waals surface area contributed by atoms with Gasteiger partial charge in [0.2, 0.25) is 0 Å². The van der Waals surface area contributed by atoms with Crippen LogP contribution in [0.1, 0.15) is 273 Å². The van der Waals surface area contributed by atoms with Crippen molar-refractivity contribution in [3.63, 3.8) is 0 Å². The number of rotatable bonds is 42. The molecule has 0 aliphatic carbocycles. The van der Waals surface area contributed by atoms with Gasteiger partial charge in [0.1, 0.15) is 0 Å². The minimum absolute atomic E-state index is 0.0245. The highest BCUT2D eigenvalue weighted by Crippen LogP contribution is 2.23. The summed E-state index contributed by atoms with van der Waals surface area (Å²) in [6.45, 7) is 14.8. The van der Waals surface area contributed by atoms with Crippen LogP contribution < -0.4 is 0 Å². The van der Waals surface area contributed by atoms with Crippen molar-refractivity contribution in [1.29, 1.82) is 0 Å². The van der Waals surface area contributed by atoms with E-state index in [4.69, 9.17) is 4.74 Å². The number of hydrogen-bond donors (Lipinski definition) is 0. The molecule has 0 spiro atoms. The molecule has 0 aliphatic heterocycles. The van der Waals surface area contributed by atoms with Gasteiger partial charge in [-0.2, -0.15) is 0 Å². The first-order chi connectivity index (χ1) is 25.3. The number of unbranched alkanes of at least 4 members (excludes halogenated alkanes) is 23. The van der Waals surface area contributed by atoms with Crippen LogP contribution in [0.3, 0.4) is 0 Å². The molecule has 310 valence electrons. The Kier molecular flexibility index (Phi) is 40.7. The molecule has 3 atom stereocenters. The summed E-state index contributed by atoms with van der Waals surface area (Å²) < 4.78 is 5.57. The second-order valence-corrected chi connectivity index (χ2v) is 18.1. The average molecular weight is 731 g/mol.